The molecule has 0 atom stereocenters. The third-order valence-corrected chi connectivity index (χ3v) is 3.44. The Labute approximate surface area is 112 Å². The van der Waals surface area contributed by atoms with Crippen LogP contribution in [-0.4, -0.2) is 0 Å². The number of hydrogen-bond donors (Lipinski definition) is 1. The highest BCUT2D eigenvalue weighted by Gasteiger charge is 2.28. The Kier molecular flexibility index (Phi) is 3.23. The lowest BCUT2D eigenvalue weighted by molar-refractivity contribution is 0.471. The second kappa shape index (κ2) is 4.31. The molecule has 0 aliphatic rings. The van der Waals surface area contributed by atoms with Crippen LogP contribution >= 0.6 is 15.9 Å². The van der Waals surface area contributed by atoms with E-state index >= 15 is 0 Å². The first kappa shape index (κ1) is 13.5. The molecule has 0 spiro atoms. The molecule has 0 saturated carbocycles. The van der Waals surface area contributed by atoms with E-state index in [1.807, 2.05) is 20.8 Å². The van der Waals surface area contributed by atoms with Crippen molar-refractivity contribution in [3.8, 4) is 0 Å². The molecule has 0 fully saturated rings. The molecule has 0 amide bonds. The van der Waals surface area contributed by atoms with E-state index in [0.29, 0.717) is 15.6 Å². The second-order valence-corrected chi connectivity index (χ2v) is 6.07. The molecule has 0 aliphatic carbocycles. The zero-order chi connectivity index (χ0) is 13.7. The van der Waals surface area contributed by atoms with E-state index in [2.05, 4.69) is 15.9 Å². The fourth-order valence-corrected chi connectivity index (χ4v) is 2.73. The van der Waals surface area contributed by atoms with Crippen molar-refractivity contribution in [2.45, 2.75) is 32.7 Å². The summed E-state index contributed by atoms with van der Waals surface area (Å²) in [5.41, 5.74) is 6.09. The first-order valence-electron chi connectivity index (χ1n) is 5.56. The lowest BCUT2D eigenvalue weighted by Gasteiger charge is -2.19. The van der Waals surface area contributed by atoms with Crippen LogP contribution in [0.3, 0.4) is 0 Å². The predicted molar refractivity (Wildman–Crippen MR) is 70.4 cm³/mol. The highest BCUT2D eigenvalue weighted by atomic mass is 79.9. The summed E-state index contributed by atoms with van der Waals surface area (Å²) in [6, 6.07) is 1.11. The molecular formula is C13H14BrF2NO. The third kappa shape index (κ3) is 1.95. The van der Waals surface area contributed by atoms with Crippen LogP contribution < -0.4 is 5.73 Å². The number of halogens is 3. The topological polar surface area (TPSA) is 39.2 Å². The average molecular weight is 318 g/mol. The summed E-state index contributed by atoms with van der Waals surface area (Å²) in [4.78, 5) is 0. The van der Waals surface area contributed by atoms with Gasteiger partial charge in [0.15, 0.2) is 11.4 Å². The van der Waals surface area contributed by atoms with Crippen LogP contribution in [0.25, 0.3) is 11.0 Å². The molecule has 1 heterocycles. The third-order valence-electron chi connectivity index (χ3n) is 2.82. The zero-order valence-corrected chi connectivity index (χ0v) is 12.0. The first-order chi connectivity index (χ1) is 8.27. The summed E-state index contributed by atoms with van der Waals surface area (Å²) in [5.74, 6) is -1.42. The van der Waals surface area contributed by atoms with Crippen molar-refractivity contribution >= 4 is 26.9 Å². The second-order valence-electron chi connectivity index (χ2n) is 5.21. The lowest BCUT2D eigenvalue weighted by Crippen LogP contribution is -2.14. The maximum atomic E-state index is 13.8. The Balaban J connectivity index is 2.97. The van der Waals surface area contributed by atoms with Gasteiger partial charge in [0.2, 0.25) is 5.82 Å². The van der Waals surface area contributed by atoms with Crippen molar-refractivity contribution in [2.24, 2.45) is 5.73 Å². The predicted octanol–water partition coefficient (Wildman–Crippen LogP) is 4.23. The lowest BCUT2D eigenvalue weighted by atomic mass is 9.84. The molecule has 1 aromatic heterocycles. The Morgan fingerprint density at radius 1 is 1.33 bits per heavy atom. The van der Waals surface area contributed by atoms with Gasteiger partial charge in [-0.1, -0.05) is 20.8 Å². The molecule has 2 N–H and O–H groups in total. The number of benzene rings is 1. The summed E-state index contributed by atoms with van der Waals surface area (Å²) in [6.45, 7) is 6.08. The van der Waals surface area contributed by atoms with Gasteiger partial charge in [0, 0.05) is 15.4 Å². The maximum Gasteiger partial charge on any atom is 0.201 e. The number of hydrogen-bond acceptors (Lipinski definition) is 2. The number of nitrogens with two attached hydrogens (primary N) is 1. The van der Waals surface area contributed by atoms with Crippen molar-refractivity contribution in [3.63, 3.8) is 0 Å². The summed E-state index contributed by atoms with van der Waals surface area (Å²) in [7, 11) is 0. The van der Waals surface area contributed by atoms with Gasteiger partial charge in [-0.15, -0.1) is 0 Å². The Morgan fingerprint density at radius 3 is 2.44 bits per heavy atom. The Hall–Kier alpha value is -0.940. The summed E-state index contributed by atoms with van der Waals surface area (Å²) >= 11 is 3.26. The van der Waals surface area contributed by atoms with Gasteiger partial charge < -0.3 is 10.2 Å². The summed E-state index contributed by atoms with van der Waals surface area (Å²) in [5, 5.41) is 0.557. The molecule has 18 heavy (non-hydrogen) atoms. The first-order valence-corrected chi connectivity index (χ1v) is 6.36. The summed E-state index contributed by atoms with van der Waals surface area (Å²) in [6.07, 6.45) is 0. The van der Waals surface area contributed by atoms with Gasteiger partial charge >= 0.3 is 0 Å². The van der Waals surface area contributed by atoms with Crippen molar-refractivity contribution in [1.29, 1.82) is 0 Å². The molecule has 2 aromatic rings. The van der Waals surface area contributed by atoms with E-state index in [-0.39, 0.29) is 17.5 Å². The SMILES string of the molecule is CC(C)(C)c1c(CN)oc2c(F)c(F)cc(Br)c12. The van der Waals surface area contributed by atoms with Gasteiger partial charge in [0.1, 0.15) is 5.76 Å². The molecule has 1 aromatic carbocycles. The fraction of sp³-hybridized carbons (Fsp3) is 0.385. The fourth-order valence-electron chi connectivity index (χ4n) is 2.15. The minimum Gasteiger partial charge on any atom is -0.456 e. The van der Waals surface area contributed by atoms with Gasteiger partial charge in [-0.25, -0.2) is 4.39 Å². The van der Waals surface area contributed by atoms with Crippen LogP contribution in [0.2, 0.25) is 0 Å². The van der Waals surface area contributed by atoms with Gasteiger partial charge in [-0.3, -0.25) is 0 Å². The zero-order valence-electron chi connectivity index (χ0n) is 10.4. The number of rotatable bonds is 1. The molecule has 0 radical (unpaired) electrons. The quantitative estimate of drug-likeness (QED) is 0.799. The highest BCUT2D eigenvalue weighted by Crippen LogP contribution is 2.40. The van der Waals surface area contributed by atoms with E-state index in [0.717, 1.165) is 11.6 Å². The van der Waals surface area contributed by atoms with E-state index in [1.54, 1.807) is 0 Å². The number of fused-ring (bicyclic) bond motifs is 1. The Bertz CT molecular complexity index is 614. The van der Waals surface area contributed by atoms with E-state index in [1.165, 1.54) is 0 Å². The van der Waals surface area contributed by atoms with Crippen LogP contribution in [0.1, 0.15) is 32.1 Å². The van der Waals surface area contributed by atoms with Crippen molar-refractivity contribution in [2.75, 3.05) is 0 Å². The smallest absolute Gasteiger partial charge is 0.201 e. The normalized spacial score (nSPS) is 12.4. The van der Waals surface area contributed by atoms with Crippen molar-refractivity contribution < 1.29 is 13.2 Å². The van der Waals surface area contributed by atoms with Crippen LogP contribution in [-0.2, 0) is 12.0 Å². The van der Waals surface area contributed by atoms with E-state index in [4.69, 9.17) is 10.2 Å². The molecule has 0 bridgehead atoms. The minimum absolute atomic E-state index is 0.0766. The minimum atomic E-state index is -0.974. The van der Waals surface area contributed by atoms with Crippen LogP contribution in [0.5, 0.6) is 0 Å². The van der Waals surface area contributed by atoms with E-state index < -0.39 is 11.6 Å². The molecule has 0 saturated heterocycles. The standard InChI is InChI=1S/C13H14BrF2NO/c1-13(2,3)10-8(5-17)18-12-9(10)6(14)4-7(15)11(12)16/h4H,5,17H2,1-3H3. The molecule has 98 valence electrons. The maximum absolute atomic E-state index is 13.8. The van der Waals surface area contributed by atoms with Crippen molar-refractivity contribution in [3.05, 3.63) is 33.5 Å². The van der Waals surface area contributed by atoms with E-state index in [9.17, 15) is 8.78 Å². The van der Waals surface area contributed by atoms with Crippen molar-refractivity contribution in [1.82, 2.24) is 0 Å². The Morgan fingerprint density at radius 2 is 1.94 bits per heavy atom. The van der Waals surface area contributed by atoms with Gasteiger partial charge in [0.25, 0.3) is 0 Å². The van der Waals surface area contributed by atoms with Gasteiger partial charge in [0.05, 0.1) is 6.54 Å². The largest absolute Gasteiger partial charge is 0.456 e. The molecule has 2 nitrogen and oxygen atoms in total. The molecular weight excluding hydrogens is 304 g/mol. The molecule has 5 heteroatoms. The van der Waals surface area contributed by atoms with Gasteiger partial charge in [-0.05, 0) is 27.4 Å². The van der Waals surface area contributed by atoms with Gasteiger partial charge in [-0.2, -0.15) is 4.39 Å². The molecule has 0 aliphatic heterocycles. The van der Waals surface area contributed by atoms with Crippen LogP contribution in [0, 0.1) is 11.6 Å². The molecule has 2 rings (SSSR count). The number of furan rings is 1. The average Bonchev–Trinajstić information content (AvgIpc) is 2.65. The highest BCUT2D eigenvalue weighted by molar-refractivity contribution is 9.10. The molecule has 0 unspecified atom stereocenters. The van der Waals surface area contributed by atoms with Crippen LogP contribution in [0.4, 0.5) is 8.78 Å². The summed E-state index contributed by atoms with van der Waals surface area (Å²) < 4.78 is 33.0. The van der Waals surface area contributed by atoms with Crippen LogP contribution in [0.15, 0.2) is 15.0 Å². The monoisotopic (exact) mass is 317 g/mol.